The molecule has 2 unspecified atom stereocenters. The Hall–Kier alpha value is -0.580. The molecule has 2 atom stereocenters. The lowest BCUT2D eigenvalue weighted by Crippen LogP contribution is -2.34. The highest BCUT2D eigenvalue weighted by atomic mass is 35.5. The van der Waals surface area contributed by atoms with E-state index in [0.29, 0.717) is 11.7 Å². The van der Waals surface area contributed by atoms with Crippen molar-refractivity contribution in [1.29, 1.82) is 0 Å². The fraction of sp³-hybridized carbons (Fsp3) is 0.571. The Morgan fingerprint density at radius 1 is 1.16 bits per heavy atom. The first-order valence-corrected chi connectivity index (χ1v) is 8.95. The van der Waals surface area contributed by atoms with Gasteiger partial charge in [-0.2, -0.15) is 0 Å². The van der Waals surface area contributed by atoms with Crippen LogP contribution in [-0.4, -0.2) is 26.0 Å². The molecule has 1 saturated carbocycles. The number of sulfone groups is 1. The molecule has 1 N–H and O–H groups in total. The van der Waals surface area contributed by atoms with Gasteiger partial charge in [0.1, 0.15) is 0 Å². The quantitative estimate of drug-likeness (QED) is 0.929. The highest BCUT2D eigenvalue weighted by Crippen LogP contribution is 2.41. The van der Waals surface area contributed by atoms with Crippen molar-refractivity contribution < 1.29 is 8.42 Å². The smallest absolute Gasteiger partial charge is 0.151 e. The molecule has 2 fully saturated rings. The highest BCUT2D eigenvalue weighted by Gasteiger charge is 2.36. The van der Waals surface area contributed by atoms with Gasteiger partial charge in [-0.05, 0) is 42.9 Å². The van der Waals surface area contributed by atoms with Gasteiger partial charge in [0.25, 0.3) is 0 Å². The summed E-state index contributed by atoms with van der Waals surface area (Å²) in [4.78, 5) is 0. The van der Waals surface area contributed by atoms with Gasteiger partial charge in [-0.1, -0.05) is 23.7 Å². The Morgan fingerprint density at radius 3 is 2.37 bits per heavy atom. The van der Waals surface area contributed by atoms with Crippen molar-refractivity contribution in [3.05, 3.63) is 34.9 Å². The van der Waals surface area contributed by atoms with Crippen molar-refractivity contribution in [2.45, 2.75) is 31.3 Å². The molecule has 0 amide bonds. The molecule has 104 valence electrons. The first kappa shape index (κ1) is 13.4. The van der Waals surface area contributed by atoms with Gasteiger partial charge in [0.05, 0.1) is 11.5 Å². The van der Waals surface area contributed by atoms with Crippen LogP contribution in [0, 0.1) is 5.92 Å². The van der Waals surface area contributed by atoms with Gasteiger partial charge in [0, 0.05) is 17.1 Å². The Kier molecular flexibility index (Phi) is 3.58. The van der Waals surface area contributed by atoms with Crippen molar-refractivity contribution >= 4 is 21.4 Å². The summed E-state index contributed by atoms with van der Waals surface area (Å²) in [5.74, 6) is 1.25. The Morgan fingerprint density at radius 2 is 1.84 bits per heavy atom. The zero-order chi connectivity index (χ0) is 13.5. The third kappa shape index (κ3) is 3.30. The van der Waals surface area contributed by atoms with E-state index in [1.807, 2.05) is 24.3 Å². The largest absolute Gasteiger partial charge is 0.306 e. The second-order valence-electron chi connectivity index (χ2n) is 5.63. The number of hydrogen-bond donors (Lipinski definition) is 1. The van der Waals surface area contributed by atoms with E-state index in [1.165, 1.54) is 18.4 Å². The maximum Gasteiger partial charge on any atom is 0.151 e. The van der Waals surface area contributed by atoms with E-state index in [9.17, 15) is 8.42 Å². The Balaban J connectivity index is 1.73. The van der Waals surface area contributed by atoms with Crippen molar-refractivity contribution in [3.63, 3.8) is 0 Å². The molecular weight excluding hydrogens is 282 g/mol. The fourth-order valence-corrected chi connectivity index (χ4v) is 4.60. The van der Waals surface area contributed by atoms with Crippen LogP contribution in [0.4, 0.5) is 0 Å². The topological polar surface area (TPSA) is 46.2 Å². The van der Waals surface area contributed by atoms with E-state index in [2.05, 4.69) is 5.32 Å². The zero-order valence-corrected chi connectivity index (χ0v) is 12.3. The lowest BCUT2D eigenvalue weighted by molar-refractivity contribution is 0.423. The van der Waals surface area contributed by atoms with Crippen LogP contribution in [0.5, 0.6) is 0 Å². The van der Waals surface area contributed by atoms with Gasteiger partial charge in [-0.25, -0.2) is 8.42 Å². The predicted molar refractivity (Wildman–Crippen MR) is 77.1 cm³/mol. The van der Waals surface area contributed by atoms with Crippen molar-refractivity contribution in [2.75, 3.05) is 11.5 Å². The van der Waals surface area contributed by atoms with Crippen LogP contribution in [0.25, 0.3) is 0 Å². The van der Waals surface area contributed by atoms with Gasteiger partial charge in [0.15, 0.2) is 9.84 Å². The first-order valence-electron chi connectivity index (χ1n) is 6.75. The lowest BCUT2D eigenvalue weighted by atomic mass is 10.0. The van der Waals surface area contributed by atoms with E-state index in [-0.39, 0.29) is 17.8 Å². The summed E-state index contributed by atoms with van der Waals surface area (Å²) >= 11 is 5.92. The molecule has 0 spiro atoms. The maximum atomic E-state index is 11.5. The minimum atomic E-state index is -2.82. The van der Waals surface area contributed by atoms with Gasteiger partial charge < -0.3 is 5.32 Å². The average Bonchev–Trinajstić information content (AvgIpc) is 3.13. The average molecular weight is 300 g/mol. The van der Waals surface area contributed by atoms with Crippen LogP contribution in [0.3, 0.4) is 0 Å². The Labute approximate surface area is 119 Å². The predicted octanol–water partition coefficient (Wildman–Crippen LogP) is 2.57. The lowest BCUT2D eigenvalue weighted by Gasteiger charge is -2.22. The molecule has 1 aliphatic carbocycles. The molecule has 1 aliphatic heterocycles. The SMILES string of the molecule is O=S1(=O)CCC(NC(c2ccc(Cl)cc2)C2CC2)C1. The molecule has 1 saturated heterocycles. The minimum absolute atomic E-state index is 0.103. The van der Waals surface area contributed by atoms with Crippen LogP contribution in [0.15, 0.2) is 24.3 Å². The number of halogens is 1. The van der Waals surface area contributed by atoms with Gasteiger partial charge in [0.2, 0.25) is 0 Å². The number of nitrogens with one attached hydrogen (secondary N) is 1. The number of benzene rings is 1. The zero-order valence-electron chi connectivity index (χ0n) is 10.7. The molecule has 1 heterocycles. The highest BCUT2D eigenvalue weighted by molar-refractivity contribution is 7.91. The standard InChI is InChI=1S/C14H18ClNO2S/c15-12-5-3-11(4-6-12)14(10-1-2-10)16-13-7-8-19(17,18)9-13/h3-6,10,13-14,16H,1-2,7-9H2. The summed E-state index contributed by atoms with van der Waals surface area (Å²) < 4.78 is 23.1. The van der Waals surface area contributed by atoms with Crippen LogP contribution in [0.1, 0.15) is 30.9 Å². The van der Waals surface area contributed by atoms with Crippen molar-refractivity contribution in [2.24, 2.45) is 5.92 Å². The number of hydrogen-bond acceptors (Lipinski definition) is 3. The normalized spacial score (nSPS) is 27.3. The summed E-state index contributed by atoms with van der Waals surface area (Å²) in [5, 5.41) is 4.28. The molecule has 0 radical (unpaired) electrons. The molecule has 1 aromatic rings. The second kappa shape index (κ2) is 5.08. The number of rotatable bonds is 4. The van der Waals surface area contributed by atoms with E-state index < -0.39 is 9.84 Å². The third-order valence-corrected chi connectivity index (χ3v) is 5.99. The molecule has 3 nitrogen and oxygen atoms in total. The van der Waals surface area contributed by atoms with E-state index in [0.717, 1.165) is 11.4 Å². The fourth-order valence-electron chi connectivity index (χ4n) is 2.78. The van der Waals surface area contributed by atoms with E-state index in [4.69, 9.17) is 11.6 Å². The van der Waals surface area contributed by atoms with Crippen LogP contribution >= 0.6 is 11.6 Å². The van der Waals surface area contributed by atoms with Gasteiger partial charge in [-0.15, -0.1) is 0 Å². The molecule has 19 heavy (non-hydrogen) atoms. The molecule has 2 aliphatic rings. The maximum absolute atomic E-state index is 11.5. The molecule has 0 aromatic heterocycles. The third-order valence-electron chi connectivity index (χ3n) is 3.97. The van der Waals surface area contributed by atoms with Crippen LogP contribution < -0.4 is 5.32 Å². The summed E-state index contributed by atoms with van der Waals surface area (Å²) in [6.45, 7) is 0. The van der Waals surface area contributed by atoms with Crippen LogP contribution in [-0.2, 0) is 9.84 Å². The van der Waals surface area contributed by atoms with Crippen molar-refractivity contribution in [3.8, 4) is 0 Å². The summed E-state index contributed by atoms with van der Waals surface area (Å²) in [5.41, 5.74) is 1.22. The van der Waals surface area contributed by atoms with Crippen LogP contribution in [0.2, 0.25) is 5.02 Å². The van der Waals surface area contributed by atoms with Gasteiger partial charge >= 0.3 is 0 Å². The summed E-state index contributed by atoms with van der Waals surface area (Å²) in [6.07, 6.45) is 3.18. The summed E-state index contributed by atoms with van der Waals surface area (Å²) in [7, 11) is -2.82. The van der Waals surface area contributed by atoms with E-state index in [1.54, 1.807) is 0 Å². The van der Waals surface area contributed by atoms with E-state index >= 15 is 0 Å². The second-order valence-corrected chi connectivity index (χ2v) is 8.30. The van der Waals surface area contributed by atoms with Crippen molar-refractivity contribution in [1.82, 2.24) is 5.32 Å². The van der Waals surface area contributed by atoms with Gasteiger partial charge in [-0.3, -0.25) is 0 Å². The molecule has 0 bridgehead atoms. The molecule has 3 rings (SSSR count). The molecule has 1 aromatic carbocycles. The molecule has 5 heteroatoms. The molecular formula is C14H18ClNO2S. The Bertz CT molecular complexity index is 551. The minimum Gasteiger partial charge on any atom is -0.306 e. The first-order chi connectivity index (χ1) is 9.03. The monoisotopic (exact) mass is 299 g/mol. The summed E-state index contributed by atoms with van der Waals surface area (Å²) in [6, 6.07) is 8.27.